The molecule has 1 heterocycles. The summed E-state index contributed by atoms with van der Waals surface area (Å²) in [4.78, 5) is 17.2. The number of aryl methyl sites for hydroxylation is 1. The van der Waals surface area contributed by atoms with Gasteiger partial charge in [-0.2, -0.15) is 0 Å². The third-order valence-corrected chi connectivity index (χ3v) is 4.52. The standard InChI is InChI=1S/C22H25N3O2/c1-4-13-23-22(26)17-14-24-21-16(10-8-12-19(21)27-3)20(17)25-18-11-7-6-9-15(18)5-2/h6-12,14H,4-5,13H2,1-3H3,(H,23,26)(H,24,25). The van der Waals surface area contributed by atoms with E-state index in [1.54, 1.807) is 13.3 Å². The topological polar surface area (TPSA) is 63.2 Å². The van der Waals surface area contributed by atoms with E-state index in [0.717, 1.165) is 35.1 Å². The molecule has 0 fully saturated rings. The second-order valence-corrected chi connectivity index (χ2v) is 6.29. The molecule has 27 heavy (non-hydrogen) atoms. The van der Waals surface area contributed by atoms with Crippen LogP contribution in [0.2, 0.25) is 0 Å². The summed E-state index contributed by atoms with van der Waals surface area (Å²) < 4.78 is 5.45. The van der Waals surface area contributed by atoms with Gasteiger partial charge in [-0.1, -0.05) is 44.2 Å². The van der Waals surface area contributed by atoms with Crippen LogP contribution in [0.5, 0.6) is 5.75 Å². The molecular weight excluding hydrogens is 338 g/mol. The number of nitrogens with zero attached hydrogens (tertiary/aromatic N) is 1. The number of aromatic nitrogens is 1. The smallest absolute Gasteiger partial charge is 0.254 e. The lowest BCUT2D eigenvalue weighted by molar-refractivity contribution is 0.0954. The molecule has 1 aromatic heterocycles. The van der Waals surface area contributed by atoms with Crippen molar-refractivity contribution in [1.82, 2.24) is 10.3 Å². The molecule has 0 unspecified atom stereocenters. The second kappa shape index (κ2) is 8.54. The Labute approximate surface area is 159 Å². The van der Waals surface area contributed by atoms with Crippen LogP contribution in [-0.4, -0.2) is 24.5 Å². The van der Waals surface area contributed by atoms with E-state index in [1.807, 2.05) is 43.3 Å². The summed E-state index contributed by atoms with van der Waals surface area (Å²) >= 11 is 0. The lowest BCUT2D eigenvalue weighted by atomic mass is 10.1. The van der Waals surface area contributed by atoms with Crippen molar-refractivity contribution in [3.05, 3.63) is 59.8 Å². The molecule has 0 aliphatic heterocycles. The maximum absolute atomic E-state index is 12.7. The normalized spacial score (nSPS) is 10.6. The van der Waals surface area contributed by atoms with Crippen molar-refractivity contribution >= 4 is 28.2 Å². The number of para-hydroxylation sites is 2. The Morgan fingerprint density at radius 1 is 1.11 bits per heavy atom. The number of anilines is 2. The van der Waals surface area contributed by atoms with E-state index in [9.17, 15) is 4.79 Å². The Hall–Kier alpha value is -3.08. The van der Waals surface area contributed by atoms with Gasteiger partial charge in [0.15, 0.2) is 0 Å². The lowest BCUT2D eigenvalue weighted by Crippen LogP contribution is -2.25. The van der Waals surface area contributed by atoms with E-state index < -0.39 is 0 Å². The SMILES string of the molecule is CCCNC(=O)c1cnc2c(OC)cccc2c1Nc1ccccc1CC. The summed E-state index contributed by atoms with van der Waals surface area (Å²) in [5.74, 6) is 0.547. The first-order valence-electron chi connectivity index (χ1n) is 9.28. The molecule has 0 aliphatic carbocycles. The molecule has 0 saturated carbocycles. The Morgan fingerprint density at radius 3 is 2.67 bits per heavy atom. The van der Waals surface area contributed by atoms with E-state index in [0.29, 0.717) is 17.9 Å². The predicted octanol–water partition coefficient (Wildman–Crippen LogP) is 4.69. The number of amides is 1. The molecule has 0 atom stereocenters. The molecule has 2 aromatic carbocycles. The highest BCUT2D eigenvalue weighted by Crippen LogP contribution is 2.34. The van der Waals surface area contributed by atoms with Crippen LogP contribution in [0.15, 0.2) is 48.7 Å². The number of carbonyl (C=O) groups is 1. The van der Waals surface area contributed by atoms with E-state index in [1.165, 1.54) is 5.56 Å². The monoisotopic (exact) mass is 363 g/mol. The quantitative estimate of drug-likeness (QED) is 0.639. The van der Waals surface area contributed by atoms with Crippen LogP contribution in [0.25, 0.3) is 10.9 Å². The van der Waals surface area contributed by atoms with Crippen LogP contribution in [-0.2, 0) is 6.42 Å². The van der Waals surface area contributed by atoms with E-state index in [4.69, 9.17) is 4.74 Å². The summed E-state index contributed by atoms with van der Waals surface area (Å²) in [6, 6.07) is 13.9. The van der Waals surface area contributed by atoms with Crippen LogP contribution >= 0.6 is 0 Å². The fraction of sp³-hybridized carbons (Fsp3) is 0.273. The molecule has 0 bridgehead atoms. The van der Waals surface area contributed by atoms with Crippen LogP contribution < -0.4 is 15.4 Å². The van der Waals surface area contributed by atoms with Crippen molar-refractivity contribution < 1.29 is 9.53 Å². The molecule has 5 nitrogen and oxygen atoms in total. The van der Waals surface area contributed by atoms with Gasteiger partial charge < -0.3 is 15.4 Å². The number of ether oxygens (including phenoxy) is 1. The fourth-order valence-electron chi connectivity index (χ4n) is 3.09. The molecule has 5 heteroatoms. The number of nitrogens with one attached hydrogen (secondary N) is 2. The Balaban J connectivity index is 2.17. The fourth-order valence-corrected chi connectivity index (χ4v) is 3.09. The first-order valence-corrected chi connectivity index (χ1v) is 9.28. The van der Waals surface area contributed by atoms with Crippen molar-refractivity contribution in [2.45, 2.75) is 26.7 Å². The van der Waals surface area contributed by atoms with Crippen molar-refractivity contribution in [3.63, 3.8) is 0 Å². The van der Waals surface area contributed by atoms with Gasteiger partial charge in [-0.05, 0) is 30.5 Å². The third kappa shape index (κ3) is 3.87. The van der Waals surface area contributed by atoms with E-state index in [2.05, 4.69) is 28.6 Å². The molecule has 0 aliphatic rings. The van der Waals surface area contributed by atoms with Gasteiger partial charge in [0.05, 0.1) is 18.4 Å². The summed E-state index contributed by atoms with van der Waals surface area (Å²) in [6.45, 7) is 4.77. The van der Waals surface area contributed by atoms with Crippen LogP contribution in [0, 0.1) is 0 Å². The summed E-state index contributed by atoms with van der Waals surface area (Å²) in [5, 5.41) is 7.29. The van der Waals surface area contributed by atoms with Gasteiger partial charge in [0.25, 0.3) is 5.91 Å². The number of methoxy groups -OCH3 is 1. The first-order chi connectivity index (χ1) is 13.2. The van der Waals surface area contributed by atoms with Gasteiger partial charge in [-0.15, -0.1) is 0 Å². The van der Waals surface area contributed by atoms with Crippen molar-refractivity contribution in [1.29, 1.82) is 0 Å². The van der Waals surface area contributed by atoms with Gasteiger partial charge in [0, 0.05) is 23.8 Å². The number of carbonyl (C=O) groups excluding carboxylic acids is 1. The number of hydrogen-bond acceptors (Lipinski definition) is 4. The largest absolute Gasteiger partial charge is 0.494 e. The van der Waals surface area contributed by atoms with Crippen LogP contribution in [0.3, 0.4) is 0 Å². The van der Waals surface area contributed by atoms with Gasteiger partial charge in [-0.3, -0.25) is 9.78 Å². The van der Waals surface area contributed by atoms with Gasteiger partial charge in [0.2, 0.25) is 0 Å². The number of rotatable bonds is 7. The van der Waals surface area contributed by atoms with E-state index in [-0.39, 0.29) is 5.91 Å². The molecule has 3 rings (SSSR count). The molecule has 2 N–H and O–H groups in total. The number of benzene rings is 2. The van der Waals surface area contributed by atoms with Crippen LogP contribution in [0.4, 0.5) is 11.4 Å². The summed E-state index contributed by atoms with van der Waals surface area (Å²) in [6.07, 6.45) is 3.39. The zero-order chi connectivity index (χ0) is 19.2. The predicted molar refractivity (Wildman–Crippen MR) is 110 cm³/mol. The van der Waals surface area contributed by atoms with Crippen molar-refractivity contribution in [2.75, 3.05) is 19.0 Å². The minimum atomic E-state index is -0.134. The zero-order valence-electron chi connectivity index (χ0n) is 16.0. The number of fused-ring (bicyclic) bond motifs is 1. The van der Waals surface area contributed by atoms with Crippen molar-refractivity contribution in [2.24, 2.45) is 0 Å². The lowest BCUT2D eigenvalue weighted by Gasteiger charge is -2.17. The molecule has 0 saturated heterocycles. The maximum atomic E-state index is 12.7. The number of pyridine rings is 1. The highest BCUT2D eigenvalue weighted by atomic mass is 16.5. The Morgan fingerprint density at radius 2 is 1.93 bits per heavy atom. The highest BCUT2D eigenvalue weighted by molar-refractivity contribution is 6.09. The van der Waals surface area contributed by atoms with E-state index >= 15 is 0 Å². The van der Waals surface area contributed by atoms with Gasteiger partial charge in [-0.25, -0.2) is 0 Å². The molecule has 1 amide bonds. The maximum Gasteiger partial charge on any atom is 0.254 e. The second-order valence-electron chi connectivity index (χ2n) is 6.29. The zero-order valence-corrected chi connectivity index (χ0v) is 16.0. The summed E-state index contributed by atoms with van der Waals surface area (Å²) in [5.41, 5.74) is 4.16. The molecule has 140 valence electrons. The average molecular weight is 363 g/mol. The van der Waals surface area contributed by atoms with Crippen molar-refractivity contribution in [3.8, 4) is 5.75 Å². The summed E-state index contributed by atoms with van der Waals surface area (Å²) in [7, 11) is 1.62. The molecule has 3 aromatic rings. The molecular formula is C22H25N3O2. The minimum Gasteiger partial charge on any atom is -0.494 e. The number of hydrogen-bond donors (Lipinski definition) is 2. The molecule has 0 spiro atoms. The minimum absolute atomic E-state index is 0.134. The third-order valence-electron chi connectivity index (χ3n) is 4.52. The van der Waals surface area contributed by atoms with Crippen LogP contribution in [0.1, 0.15) is 36.2 Å². The first kappa shape index (κ1) is 18.7. The highest BCUT2D eigenvalue weighted by Gasteiger charge is 2.18. The Bertz CT molecular complexity index is 953. The van der Waals surface area contributed by atoms with Gasteiger partial charge in [0.1, 0.15) is 11.3 Å². The molecule has 0 radical (unpaired) electrons. The average Bonchev–Trinajstić information content (AvgIpc) is 2.72. The Kier molecular flexibility index (Phi) is 5.91. The van der Waals surface area contributed by atoms with Gasteiger partial charge >= 0.3 is 0 Å².